The molecule has 9 heteroatoms. The minimum Gasteiger partial charge on any atom is -0.497 e. The predicted molar refractivity (Wildman–Crippen MR) is 127 cm³/mol. The Hall–Kier alpha value is -2.81. The number of ether oxygens (including phenoxy) is 2. The highest BCUT2D eigenvalue weighted by Gasteiger charge is 2.22. The van der Waals surface area contributed by atoms with Crippen LogP contribution in [0.3, 0.4) is 0 Å². The molecule has 2 aromatic carbocycles. The number of hydrogen-bond donors (Lipinski definition) is 0. The summed E-state index contributed by atoms with van der Waals surface area (Å²) in [6.07, 6.45) is 3.94. The van der Waals surface area contributed by atoms with Crippen LogP contribution in [0.25, 0.3) is 22.8 Å². The Labute approximate surface area is 201 Å². The Morgan fingerprint density at radius 2 is 2.00 bits per heavy atom. The van der Waals surface area contributed by atoms with Crippen LogP contribution < -0.4 is 4.74 Å². The molecule has 0 amide bonds. The van der Waals surface area contributed by atoms with Crippen molar-refractivity contribution in [2.75, 3.05) is 13.7 Å². The molecule has 1 atom stereocenters. The quantitative estimate of drug-likeness (QED) is 0.297. The fourth-order valence-corrected chi connectivity index (χ4v) is 4.82. The predicted octanol–water partition coefficient (Wildman–Crippen LogP) is 5.73. The number of aromatic nitrogens is 4. The van der Waals surface area contributed by atoms with Crippen molar-refractivity contribution in [1.29, 1.82) is 0 Å². The van der Waals surface area contributed by atoms with Crippen LogP contribution in [0, 0.1) is 0 Å². The maximum Gasteiger partial charge on any atom is 0.227 e. The average molecular weight is 483 g/mol. The van der Waals surface area contributed by atoms with Crippen molar-refractivity contribution in [3.05, 3.63) is 65.5 Å². The van der Waals surface area contributed by atoms with Crippen molar-refractivity contribution in [2.45, 2.75) is 36.4 Å². The molecular formula is C24H23ClN4O3S. The fourth-order valence-electron chi connectivity index (χ4n) is 3.78. The summed E-state index contributed by atoms with van der Waals surface area (Å²) in [4.78, 5) is 4.61. The van der Waals surface area contributed by atoms with Gasteiger partial charge in [0, 0.05) is 17.9 Å². The second-order valence-corrected chi connectivity index (χ2v) is 9.04. The number of thioether (sulfide) groups is 1. The molecule has 4 aromatic rings. The third kappa shape index (κ3) is 4.93. The summed E-state index contributed by atoms with van der Waals surface area (Å²) in [6.45, 7) is 1.51. The van der Waals surface area contributed by atoms with Gasteiger partial charge in [0.1, 0.15) is 12.0 Å². The van der Waals surface area contributed by atoms with Crippen LogP contribution in [-0.2, 0) is 17.0 Å². The molecule has 0 spiro atoms. The molecule has 3 heterocycles. The van der Waals surface area contributed by atoms with Gasteiger partial charge in [0.15, 0.2) is 11.0 Å². The molecule has 2 aromatic heterocycles. The van der Waals surface area contributed by atoms with Crippen LogP contribution >= 0.6 is 23.4 Å². The average Bonchev–Trinajstić information content (AvgIpc) is 3.60. The summed E-state index contributed by atoms with van der Waals surface area (Å²) in [7, 11) is 1.66. The molecule has 0 bridgehead atoms. The lowest BCUT2D eigenvalue weighted by atomic mass is 10.2. The molecule has 1 aliphatic heterocycles. The molecule has 1 fully saturated rings. The zero-order chi connectivity index (χ0) is 22.6. The third-order valence-electron chi connectivity index (χ3n) is 5.48. The maximum atomic E-state index is 6.28. The van der Waals surface area contributed by atoms with E-state index in [2.05, 4.69) is 19.7 Å². The van der Waals surface area contributed by atoms with Crippen LogP contribution in [0.2, 0.25) is 5.02 Å². The van der Waals surface area contributed by atoms with E-state index in [0.29, 0.717) is 23.2 Å². The zero-order valence-corrected chi connectivity index (χ0v) is 19.7. The lowest BCUT2D eigenvalue weighted by molar-refractivity contribution is 0.0953. The third-order valence-corrected chi connectivity index (χ3v) is 6.81. The first-order valence-corrected chi connectivity index (χ1v) is 12.1. The van der Waals surface area contributed by atoms with Gasteiger partial charge in [-0.2, -0.15) is 0 Å². The normalized spacial score (nSPS) is 15.8. The summed E-state index contributed by atoms with van der Waals surface area (Å²) in [5.74, 6) is 2.72. The van der Waals surface area contributed by atoms with Gasteiger partial charge in [-0.25, -0.2) is 4.98 Å². The summed E-state index contributed by atoms with van der Waals surface area (Å²) in [5, 5.41) is 10.4. The first kappa shape index (κ1) is 22.0. The first-order valence-electron chi connectivity index (χ1n) is 10.7. The molecule has 33 heavy (non-hydrogen) atoms. The van der Waals surface area contributed by atoms with Crippen LogP contribution in [0.5, 0.6) is 5.75 Å². The molecule has 0 N–H and O–H groups in total. The number of benzene rings is 2. The van der Waals surface area contributed by atoms with Crippen molar-refractivity contribution in [1.82, 2.24) is 19.7 Å². The number of methoxy groups -OCH3 is 1. The van der Waals surface area contributed by atoms with Crippen molar-refractivity contribution in [3.63, 3.8) is 0 Å². The Morgan fingerprint density at radius 1 is 1.15 bits per heavy atom. The SMILES string of the molecule is COc1ccc(-c2nnc(SCc3coc(-c4ccccc4Cl)n3)n2CC2CCCO2)cc1. The molecule has 5 rings (SSSR count). The van der Waals surface area contributed by atoms with Gasteiger partial charge in [-0.15, -0.1) is 10.2 Å². The van der Waals surface area contributed by atoms with Gasteiger partial charge in [-0.3, -0.25) is 4.57 Å². The standard InChI is InChI=1S/C24H23ClN4O3S/c1-30-18-10-8-16(9-11-18)22-27-28-24(29(22)13-19-5-4-12-31-19)33-15-17-14-32-23(26-17)20-6-2-3-7-21(20)25/h2-3,6-11,14,19H,4-5,12-13,15H2,1H3. The van der Waals surface area contributed by atoms with Crippen LogP contribution in [0.4, 0.5) is 0 Å². The summed E-state index contributed by atoms with van der Waals surface area (Å²) in [6, 6.07) is 15.4. The fraction of sp³-hybridized carbons (Fsp3) is 0.292. The molecule has 1 saturated heterocycles. The highest BCUT2D eigenvalue weighted by Crippen LogP contribution is 2.31. The van der Waals surface area contributed by atoms with Gasteiger partial charge < -0.3 is 13.9 Å². The van der Waals surface area contributed by atoms with Crippen molar-refractivity contribution < 1.29 is 13.9 Å². The summed E-state index contributed by atoms with van der Waals surface area (Å²) < 4.78 is 19.0. The molecule has 170 valence electrons. The smallest absolute Gasteiger partial charge is 0.227 e. The number of nitrogens with zero attached hydrogens (tertiary/aromatic N) is 4. The van der Waals surface area contributed by atoms with Crippen LogP contribution in [0.15, 0.2) is 64.4 Å². The highest BCUT2D eigenvalue weighted by atomic mass is 35.5. The number of hydrogen-bond acceptors (Lipinski definition) is 7. The Bertz CT molecular complexity index is 1220. The minimum absolute atomic E-state index is 0.163. The molecule has 1 aliphatic rings. The van der Waals surface area contributed by atoms with Gasteiger partial charge in [0.05, 0.1) is 36.0 Å². The van der Waals surface area contributed by atoms with E-state index in [0.717, 1.165) is 53.0 Å². The Balaban J connectivity index is 1.37. The van der Waals surface area contributed by atoms with Crippen molar-refractivity contribution in [2.24, 2.45) is 0 Å². The molecule has 7 nitrogen and oxygen atoms in total. The van der Waals surface area contributed by atoms with Gasteiger partial charge in [0.2, 0.25) is 5.89 Å². The zero-order valence-electron chi connectivity index (χ0n) is 18.1. The van der Waals surface area contributed by atoms with E-state index in [4.69, 9.17) is 25.5 Å². The molecular weight excluding hydrogens is 460 g/mol. The maximum absolute atomic E-state index is 6.28. The van der Waals surface area contributed by atoms with E-state index < -0.39 is 0 Å². The Kier molecular flexibility index (Phi) is 6.66. The van der Waals surface area contributed by atoms with Gasteiger partial charge in [-0.1, -0.05) is 35.5 Å². The van der Waals surface area contributed by atoms with Crippen LogP contribution in [0.1, 0.15) is 18.5 Å². The van der Waals surface area contributed by atoms with E-state index >= 15 is 0 Å². The lowest BCUT2D eigenvalue weighted by Crippen LogP contribution is -2.16. The van der Waals surface area contributed by atoms with E-state index in [1.54, 1.807) is 25.1 Å². The molecule has 1 unspecified atom stereocenters. The highest BCUT2D eigenvalue weighted by molar-refractivity contribution is 7.98. The molecule has 0 saturated carbocycles. The monoisotopic (exact) mass is 482 g/mol. The Morgan fingerprint density at radius 3 is 2.76 bits per heavy atom. The van der Waals surface area contributed by atoms with E-state index in [-0.39, 0.29) is 6.10 Å². The summed E-state index contributed by atoms with van der Waals surface area (Å²) >= 11 is 7.85. The van der Waals surface area contributed by atoms with Crippen molar-refractivity contribution in [3.8, 4) is 28.6 Å². The largest absolute Gasteiger partial charge is 0.497 e. The second-order valence-electron chi connectivity index (χ2n) is 7.69. The summed E-state index contributed by atoms with van der Waals surface area (Å²) in [5.41, 5.74) is 2.57. The molecule has 0 radical (unpaired) electrons. The van der Waals surface area contributed by atoms with Crippen molar-refractivity contribution >= 4 is 23.4 Å². The van der Waals surface area contributed by atoms with E-state index in [1.165, 1.54) is 0 Å². The molecule has 0 aliphatic carbocycles. The topological polar surface area (TPSA) is 75.2 Å². The van der Waals surface area contributed by atoms with E-state index in [1.807, 2.05) is 48.5 Å². The lowest BCUT2D eigenvalue weighted by Gasteiger charge is -2.14. The van der Waals surface area contributed by atoms with E-state index in [9.17, 15) is 0 Å². The number of halogens is 1. The second kappa shape index (κ2) is 9.99. The van der Waals surface area contributed by atoms with Gasteiger partial charge in [0.25, 0.3) is 0 Å². The number of oxazole rings is 1. The first-order chi connectivity index (χ1) is 16.2. The number of rotatable bonds is 8. The van der Waals surface area contributed by atoms with Gasteiger partial charge >= 0.3 is 0 Å². The van der Waals surface area contributed by atoms with Crippen LogP contribution in [-0.4, -0.2) is 39.6 Å². The minimum atomic E-state index is 0.163. The van der Waals surface area contributed by atoms with Gasteiger partial charge in [-0.05, 0) is 49.2 Å².